The Morgan fingerprint density at radius 1 is 0.393 bits per heavy atom. The fourth-order valence-corrected chi connectivity index (χ4v) is 9.02. The van der Waals surface area contributed by atoms with Gasteiger partial charge in [-0.3, -0.25) is 0 Å². The van der Waals surface area contributed by atoms with Gasteiger partial charge in [-0.25, -0.2) is 15.0 Å². The van der Waals surface area contributed by atoms with E-state index in [1.54, 1.807) is 0 Å². The molecule has 8 aromatic rings. The molecule has 56 heavy (non-hydrogen) atoms. The van der Waals surface area contributed by atoms with E-state index in [9.17, 15) is 5.26 Å². The van der Waals surface area contributed by atoms with Gasteiger partial charge in [-0.1, -0.05) is 171 Å². The van der Waals surface area contributed by atoms with Gasteiger partial charge in [0.1, 0.15) is 0 Å². The Morgan fingerprint density at radius 2 is 0.893 bits per heavy atom. The maximum Gasteiger partial charge on any atom is 0.164 e. The lowest BCUT2D eigenvalue weighted by atomic mass is 9.67. The van der Waals surface area contributed by atoms with Crippen molar-refractivity contribution >= 4 is 0 Å². The molecule has 0 radical (unpaired) electrons. The molecule has 266 valence electrons. The van der Waals surface area contributed by atoms with E-state index in [1.165, 1.54) is 58.2 Å². The molecule has 0 unspecified atom stereocenters. The minimum Gasteiger partial charge on any atom is -0.208 e. The summed E-state index contributed by atoms with van der Waals surface area (Å²) in [6, 6.07) is 61.9. The Balaban J connectivity index is 1.09. The Morgan fingerprint density at radius 3 is 1.48 bits per heavy atom. The van der Waals surface area contributed by atoms with E-state index in [0.29, 0.717) is 17.5 Å². The number of aromatic nitrogens is 3. The Hall–Kier alpha value is -6.96. The second kappa shape index (κ2) is 14.0. The Kier molecular flexibility index (Phi) is 8.42. The van der Waals surface area contributed by atoms with Crippen molar-refractivity contribution in [1.82, 2.24) is 15.0 Å². The Bertz CT molecular complexity index is 2660. The lowest BCUT2D eigenvalue weighted by molar-refractivity contribution is 0.353. The van der Waals surface area contributed by atoms with Crippen LogP contribution in [-0.4, -0.2) is 15.0 Å². The largest absolute Gasteiger partial charge is 0.208 e. The van der Waals surface area contributed by atoms with Crippen LogP contribution in [0.1, 0.15) is 48.8 Å². The third-order valence-electron chi connectivity index (χ3n) is 11.8. The highest BCUT2D eigenvalue weighted by molar-refractivity contribution is 5.93. The quantitative estimate of drug-likeness (QED) is 0.172. The van der Waals surface area contributed by atoms with Gasteiger partial charge in [-0.05, 0) is 86.7 Å². The molecule has 0 aliphatic heterocycles. The maximum atomic E-state index is 9.88. The van der Waals surface area contributed by atoms with E-state index in [1.807, 2.05) is 18.2 Å². The molecule has 1 fully saturated rings. The molecule has 0 atom stereocenters. The second-order valence-electron chi connectivity index (χ2n) is 15.0. The summed E-state index contributed by atoms with van der Waals surface area (Å²) >= 11 is 0. The molecule has 4 heteroatoms. The lowest BCUT2D eigenvalue weighted by Gasteiger charge is -2.36. The van der Waals surface area contributed by atoms with E-state index in [-0.39, 0.29) is 5.41 Å². The summed E-state index contributed by atoms with van der Waals surface area (Å²) in [4.78, 5) is 15.4. The molecule has 10 rings (SSSR count). The topological polar surface area (TPSA) is 62.5 Å². The van der Waals surface area contributed by atoms with Crippen molar-refractivity contribution < 1.29 is 0 Å². The standard InChI is InChI=1S/C52H38N4/c53-34-35-20-29-45-47(32-35)52(30-8-3-9-31-52)46-19-11-18-44(48(45)46)42-16-10-17-43(33-42)51-55-49(40-25-21-38(22-26-40)36-12-4-1-5-13-36)54-50(56-51)41-27-23-39(24-28-41)37-14-6-2-7-15-37/h1-2,4-7,10-29,32-33H,3,8-9,30-31H2. The summed E-state index contributed by atoms with van der Waals surface area (Å²) in [5, 5.41) is 9.88. The van der Waals surface area contributed by atoms with Gasteiger partial charge in [0.25, 0.3) is 0 Å². The summed E-state index contributed by atoms with van der Waals surface area (Å²) in [6.45, 7) is 0. The van der Waals surface area contributed by atoms with Gasteiger partial charge in [0, 0.05) is 22.1 Å². The Labute approximate surface area is 327 Å². The van der Waals surface area contributed by atoms with E-state index >= 15 is 0 Å². The van der Waals surface area contributed by atoms with Crippen LogP contribution < -0.4 is 0 Å². The minimum atomic E-state index is -0.0481. The third-order valence-corrected chi connectivity index (χ3v) is 11.8. The third kappa shape index (κ3) is 5.90. The second-order valence-corrected chi connectivity index (χ2v) is 15.0. The van der Waals surface area contributed by atoms with Gasteiger partial charge < -0.3 is 0 Å². The molecule has 7 aromatic carbocycles. The zero-order valence-electron chi connectivity index (χ0n) is 31.0. The van der Waals surface area contributed by atoms with Crippen LogP contribution >= 0.6 is 0 Å². The van der Waals surface area contributed by atoms with Gasteiger partial charge >= 0.3 is 0 Å². The van der Waals surface area contributed by atoms with E-state index in [4.69, 9.17) is 15.0 Å². The fourth-order valence-electron chi connectivity index (χ4n) is 9.02. The van der Waals surface area contributed by atoms with E-state index in [2.05, 4.69) is 158 Å². The SMILES string of the molecule is N#Cc1ccc2c(c1)C1(CCCCC1)c1cccc(-c3cccc(-c4nc(-c5ccc(-c6ccccc6)cc5)nc(-c5ccc(-c6ccccc6)cc5)n4)c3)c1-2. The molecule has 1 spiro atoms. The molecule has 2 aliphatic rings. The number of rotatable bonds is 6. The molecule has 2 aliphatic carbocycles. The van der Waals surface area contributed by atoms with Crippen LogP contribution in [0.3, 0.4) is 0 Å². The highest BCUT2D eigenvalue weighted by Crippen LogP contribution is 2.58. The van der Waals surface area contributed by atoms with Gasteiger partial charge in [0.05, 0.1) is 11.6 Å². The first-order valence-electron chi connectivity index (χ1n) is 19.5. The van der Waals surface area contributed by atoms with Crippen molar-refractivity contribution in [2.75, 3.05) is 0 Å². The molecular formula is C52H38N4. The predicted molar refractivity (Wildman–Crippen MR) is 226 cm³/mol. The summed E-state index contributed by atoms with van der Waals surface area (Å²) < 4.78 is 0. The molecule has 0 saturated heterocycles. The highest BCUT2D eigenvalue weighted by Gasteiger charge is 2.44. The van der Waals surface area contributed by atoms with Crippen LogP contribution in [0.15, 0.2) is 170 Å². The number of nitrogens with zero attached hydrogens (tertiary/aromatic N) is 4. The number of nitriles is 1. The van der Waals surface area contributed by atoms with Crippen LogP contribution in [0.5, 0.6) is 0 Å². The molecule has 0 amide bonds. The van der Waals surface area contributed by atoms with Gasteiger partial charge in [-0.15, -0.1) is 0 Å². The number of fused-ring (bicyclic) bond motifs is 5. The van der Waals surface area contributed by atoms with Crippen molar-refractivity contribution in [1.29, 1.82) is 5.26 Å². The number of hydrogen-bond acceptors (Lipinski definition) is 4. The van der Waals surface area contributed by atoms with Crippen molar-refractivity contribution in [3.63, 3.8) is 0 Å². The molecule has 1 aromatic heterocycles. The normalized spacial score (nSPS) is 13.8. The number of benzene rings is 7. The van der Waals surface area contributed by atoms with Crippen LogP contribution in [0, 0.1) is 11.3 Å². The maximum absolute atomic E-state index is 9.88. The minimum absolute atomic E-state index is 0.0481. The molecule has 0 N–H and O–H groups in total. The smallest absolute Gasteiger partial charge is 0.164 e. The van der Waals surface area contributed by atoms with Crippen molar-refractivity contribution in [3.8, 4) is 84.7 Å². The molecule has 0 bridgehead atoms. The van der Waals surface area contributed by atoms with E-state index in [0.717, 1.165) is 51.8 Å². The number of hydrogen-bond donors (Lipinski definition) is 0. The van der Waals surface area contributed by atoms with Crippen LogP contribution in [0.4, 0.5) is 0 Å². The monoisotopic (exact) mass is 718 g/mol. The zero-order chi connectivity index (χ0) is 37.5. The molecular weight excluding hydrogens is 681 g/mol. The van der Waals surface area contributed by atoms with Crippen molar-refractivity contribution in [2.45, 2.75) is 37.5 Å². The molecule has 1 saturated carbocycles. The summed E-state index contributed by atoms with van der Waals surface area (Å²) in [6.07, 6.45) is 5.88. The van der Waals surface area contributed by atoms with Gasteiger partial charge in [0.2, 0.25) is 0 Å². The van der Waals surface area contributed by atoms with Crippen LogP contribution in [0.2, 0.25) is 0 Å². The first-order valence-corrected chi connectivity index (χ1v) is 19.5. The predicted octanol–water partition coefficient (Wildman–Crippen LogP) is 13.0. The van der Waals surface area contributed by atoms with Crippen molar-refractivity contribution in [2.24, 2.45) is 0 Å². The lowest BCUT2D eigenvalue weighted by Crippen LogP contribution is -2.28. The van der Waals surface area contributed by atoms with Crippen LogP contribution in [0.25, 0.3) is 78.7 Å². The van der Waals surface area contributed by atoms with E-state index < -0.39 is 0 Å². The molecule has 4 nitrogen and oxygen atoms in total. The highest BCUT2D eigenvalue weighted by atomic mass is 15.0. The fraction of sp³-hybridized carbons (Fsp3) is 0.115. The summed E-state index contributed by atoms with van der Waals surface area (Å²) in [7, 11) is 0. The van der Waals surface area contributed by atoms with Crippen LogP contribution in [-0.2, 0) is 5.41 Å². The first-order chi connectivity index (χ1) is 27.7. The summed E-state index contributed by atoms with van der Waals surface area (Å²) in [5.41, 5.74) is 15.7. The summed E-state index contributed by atoms with van der Waals surface area (Å²) in [5.74, 6) is 1.88. The first kappa shape index (κ1) is 33.6. The van der Waals surface area contributed by atoms with Gasteiger partial charge in [0.15, 0.2) is 17.5 Å². The van der Waals surface area contributed by atoms with Crippen molar-refractivity contribution in [3.05, 3.63) is 187 Å². The average Bonchev–Trinajstić information content (AvgIpc) is 3.55. The zero-order valence-corrected chi connectivity index (χ0v) is 31.0. The van der Waals surface area contributed by atoms with Gasteiger partial charge in [-0.2, -0.15) is 5.26 Å². The molecule has 1 heterocycles. The average molecular weight is 719 g/mol.